The molecule has 41 heavy (non-hydrogen) atoms. The number of hydrogen-bond donors (Lipinski definition) is 0. The zero-order valence-corrected chi connectivity index (χ0v) is 24.2. The summed E-state index contributed by atoms with van der Waals surface area (Å²) < 4.78 is 22.0. The van der Waals surface area contributed by atoms with Crippen molar-refractivity contribution >= 4 is 17.5 Å². The van der Waals surface area contributed by atoms with Crippen LogP contribution in [0.3, 0.4) is 0 Å². The summed E-state index contributed by atoms with van der Waals surface area (Å²) in [5, 5.41) is 6.38. The van der Waals surface area contributed by atoms with E-state index in [1.54, 1.807) is 26.2 Å². The van der Waals surface area contributed by atoms with E-state index >= 15 is 0 Å². The first kappa shape index (κ1) is 28.9. The van der Waals surface area contributed by atoms with Crippen molar-refractivity contribution in [2.24, 2.45) is 11.0 Å². The maximum Gasteiger partial charge on any atom is 0.262 e. The van der Waals surface area contributed by atoms with Gasteiger partial charge < -0.3 is 23.8 Å². The highest BCUT2D eigenvalue weighted by Crippen LogP contribution is 2.39. The van der Waals surface area contributed by atoms with Crippen molar-refractivity contribution < 1.29 is 28.5 Å². The molecule has 2 fully saturated rings. The lowest BCUT2D eigenvalue weighted by Gasteiger charge is -2.34. The van der Waals surface area contributed by atoms with Crippen LogP contribution in [0.25, 0.3) is 0 Å². The molecule has 220 valence electrons. The molecule has 0 radical (unpaired) electrons. The lowest BCUT2D eigenvalue weighted by Crippen LogP contribution is -2.49. The maximum atomic E-state index is 14.1. The van der Waals surface area contributed by atoms with Crippen LogP contribution < -0.4 is 14.2 Å². The van der Waals surface area contributed by atoms with Gasteiger partial charge in [0, 0.05) is 44.1 Å². The van der Waals surface area contributed by atoms with Crippen molar-refractivity contribution in [3.8, 4) is 17.2 Å². The SMILES string of the molecule is COc1ccc(C2=NN(C(=O)CN(CCN3CCOCC3)C(=O)C3CCC3)[C@@H](c3cc(OC)ccc3OC)C2)cc1. The highest BCUT2D eigenvalue weighted by atomic mass is 16.5. The molecule has 0 aromatic heterocycles. The van der Waals surface area contributed by atoms with Gasteiger partial charge in [0.1, 0.15) is 23.8 Å². The number of hydrogen-bond acceptors (Lipinski definition) is 8. The molecule has 2 aromatic rings. The molecule has 0 N–H and O–H groups in total. The summed E-state index contributed by atoms with van der Waals surface area (Å²) in [5.41, 5.74) is 2.49. The fourth-order valence-electron chi connectivity index (χ4n) is 5.54. The molecule has 0 bridgehead atoms. The van der Waals surface area contributed by atoms with E-state index in [0.29, 0.717) is 44.2 Å². The molecule has 1 saturated heterocycles. The Hall–Kier alpha value is -3.63. The Balaban J connectivity index is 1.42. The predicted octanol–water partition coefficient (Wildman–Crippen LogP) is 3.35. The van der Waals surface area contributed by atoms with Gasteiger partial charge in [-0.1, -0.05) is 6.42 Å². The van der Waals surface area contributed by atoms with E-state index in [-0.39, 0.29) is 24.3 Å². The second kappa shape index (κ2) is 13.4. The van der Waals surface area contributed by atoms with Gasteiger partial charge in [-0.2, -0.15) is 5.10 Å². The number of hydrazone groups is 1. The minimum Gasteiger partial charge on any atom is -0.497 e. The highest BCUT2D eigenvalue weighted by Gasteiger charge is 2.37. The van der Waals surface area contributed by atoms with E-state index in [2.05, 4.69) is 4.90 Å². The second-order valence-corrected chi connectivity index (χ2v) is 10.7. The largest absolute Gasteiger partial charge is 0.497 e. The van der Waals surface area contributed by atoms with Crippen molar-refractivity contribution in [3.05, 3.63) is 53.6 Å². The minimum atomic E-state index is -0.412. The summed E-state index contributed by atoms with van der Waals surface area (Å²) in [6.07, 6.45) is 3.31. The first-order valence-electron chi connectivity index (χ1n) is 14.4. The third-order valence-electron chi connectivity index (χ3n) is 8.27. The molecule has 2 heterocycles. The smallest absolute Gasteiger partial charge is 0.262 e. The van der Waals surface area contributed by atoms with Crippen molar-refractivity contribution in [1.82, 2.24) is 14.8 Å². The molecule has 2 amide bonds. The Labute approximate surface area is 241 Å². The van der Waals surface area contributed by atoms with Gasteiger partial charge in [0.15, 0.2) is 0 Å². The summed E-state index contributed by atoms with van der Waals surface area (Å²) in [7, 11) is 4.85. The number of amides is 2. The van der Waals surface area contributed by atoms with Crippen LogP contribution in [0.5, 0.6) is 17.2 Å². The Morgan fingerprint density at radius 1 is 0.976 bits per heavy atom. The molecule has 1 aliphatic carbocycles. The Bertz CT molecular complexity index is 1240. The molecular weight excluding hydrogens is 524 g/mol. The summed E-state index contributed by atoms with van der Waals surface area (Å²) in [5.74, 6) is 1.90. The fraction of sp³-hybridized carbons (Fsp3) is 0.516. The third-order valence-corrected chi connectivity index (χ3v) is 8.27. The van der Waals surface area contributed by atoms with Crippen molar-refractivity contribution in [2.75, 3.05) is 67.3 Å². The van der Waals surface area contributed by atoms with Gasteiger partial charge in [-0.15, -0.1) is 0 Å². The van der Waals surface area contributed by atoms with Crippen molar-refractivity contribution in [1.29, 1.82) is 0 Å². The maximum absolute atomic E-state index is 14.1. The van der Waals surface area contributed by atoms with Crippen molar-refractivity contribution in [3.63, 3.8) is 0 Å². The molecule has 5 rings (SSSR count). The van der Waals surface area contributed by atoms with Crippen molar-refractivity contribution in [2.45, 2.75) is 31.7 Å². The van der Waals surface area contributed by atoms with Crippen LogP contribution in [-0.4, -0.2) is 99.6 Å². The van der Waals surface area contributed by atoms with E-state index in [4.69, 9.17) is 24.0 Å². The highest BCUT2D eigenvalue weighted by molar-refractivity contribution is 6.03. The zero-order valence-electron chi connectivity index (χ0n) is 24.2. The monoisotopic (exact) mass is 564 g/mol. The molecule has 10 nitrogen and oxygen atoms in total. The second-order valence-electron chi connectivity index (χ2n) is 10.7. The van der Waals surface area contributed by atoms with Gasteiger partial charge in [0.2, 0.25) is 5.91 Å². The van der Waals surface area contributed by atoms with Gasteiger partial charge in [-0.3, -0.25) is 14.5 Å². The molecular formula is C31H40N4O6. The number of ether oxygens (including phenoxy) is 4. The van der Waals surface area contributed by atoms with Crippen LogP contribution in [0.1, 0.15) is 42.9 Å². The minimum absolute atomic E-state index is 0.00120. The van der Waals surface area contributed by atoms with E-state index in [0.717, 1.165) is 54.9 Å². The fourth-order valence-corrected chi connectivity index (χ4v) is 5.54. The standard InChI is InChI=1S/C31H40N4O6/c1-38-24-9-7-22(8-10-24)27-20-28(26-19-25(39-2)11-12-29(26)40-3)35(32-27)30(36)21-34(31(37)23-5-4-6-23)14-13-33-15-17-41-18-16-33/h7-12,19,23,28H,4-6,13-18,20-21H2,1-3H3/t28-/m1/s1. The topological polar surface area (TPSA) is 93.1 Å². The Morgan fingerprint density at radius 3 is 2.32 bits per heavy atom. The van der Waals surface area contributed by atoms with Gasteiger partial charge in [0.25, 0.3) is 5.91 Å². The van der Waals surface area contributed by atoms with Crippen LogP contribution in [0, 0.1) is 5.92 Å². The van der Waals surface area contributed by atoms with E-state index < -0.39 is 6.04 Å². The first-order valence-corrected chi connectivity index (χ1v) is 14.4. The lowest BCUT2D eigenvalue weighted by atomic mass is 9.84. The molecule has 1 saturated carbocycles. The lowest BCUT2D eigenvalue weighted by molar-refractivity contribution is -0.145. The quantitative estimate of drug-likeness (QED) is 0.413. The first-order chi connectivity index (χ1) is 20.0. The average molecular weight is 565 g/mol. The van der Waals surface area contributed by atoms with Gasteiger partial charge >= 0.3 is 0 Å². The molecule has 2 aliphatic heterocycles. The van der Waals surface area contributed by atoms with Gasteiger partial charge in [-0.05, 0) is 60.9 Å². The normalized spacial score (nSPS) is 19.3. The number of nitrogens with zero attached hydrogens (tertiary/aromatic N) is 4. The van der Waals surface area contributed by atoms with Crippen LogP contribution in [-0.2, 0) is 14.3 Å². The molecule has 1 atom stereocenters. The number of benzene rings is 2. The van der Waals surface area contributed by atoms with Gasteiger partial charge in [0.05, 0.1) is 46.3 Å². The summed E-state index contributed by atoms with van der Waals surface area (Å²) >= 11 is 0. The summed E-state index contributed by atoms with van der Waals surface area (Å²) in [6.45, 7) is 4.23. The van der Waals surface area contributed by atoms with Crippen LogP contribution in [0.2, 0.25) is 0 Å². The van der Waals surface area contributed by atoms with Crippen LogP contribution in [0.4, 0.5) is 0 Å². The zero-order chi connectivity index (χ0) is 28.8. The number of carbonyl (C=O) groups excluding carboxylic acids is 2. The summed E-state index contributed by atoms with van der Waals surface area (Å²) in [6, 6.07) is 12.8. The van der Waals surface area contributed by atoms with E-state index in [1.165, 1.54) is 5.01 Å². The Kier molecular flexibility index (Phi) is 9.41. The summed E-state index contributed by atoms with van der Waals surface area (Å²) in [4.78, 5) is 31.5. The average Bonchev–Trinajstić information content (AvgIpc) is 3.44. The number of rotatable bonds is 11. The van der Waals surface area contributed by atoms with Crippen LogP contribution in [0.15, 0.2) is 47.6 Å². The van der Waals surface area contributed by atoms with Crippen LogP contribution >= 0.6 is 0 Å². The number of methoxy groups -OCH3 is 3. The van der Waals surface area contributed by atoms with Gasteiger partial charge in [-0.25, -0.2) is 5.01 Å². The Morgan fingerprint density at radius 2 is 1.68 bits per heavy atom. The molecule has 3 aliphatic rings. The van der Waals surface area contributed by atoms with E-state index in [1.807, 2.05) is 42.5 Å². The molecule has 10 heteroatoms. The van der Waals surface area contributed by atoms with E-state index in [9.17, 15) is 9.59 Å². The molecule has 2 aromatic carbocycles. The molecule has 0 spiro atoms. The predicted molar refractivity (Wildman–Crippen MR) is 154 cm³/mol. The molecule has 0 unspecified atom stereocenters. The number of morpholine rings is 1. The number of carbonyl (C=O) groups is 2. The third kappa shape index (κ3) is 6.65.